The average Bonchev–Trinajstić information content (AvgIpc) is 3.44. The van der Waals surface area contributed by atoms with Gasteiger partial charge in [-0.3, -0.25) is 4.79 Å². The summed E-state index contributed by atoms with van der Waals surface area (Å²) in [4.78, 5) is 27.6. The smallest absolute Gasteiger partial charge is 0.410 e. The van der Waals surface area contributed by atoms with Crippen molar-refractivity contribution in [3.05, 3.63) is 44.5 Å². The van der Waals surface area contributed by atoms with E-state index in [0.717, 1.165) is 22.3 Å². The van der Waals surface area contributed by atoms with Gasteiger partial charge in [0.05, 0.1) is 11.8 Å². The number of amides is 2. The number of thiophene rings is 2. The number of rotatable bonds is 6. The second-order valence-electron chi connectivity index (χ2n) is 8.60. The zero-order valence-electron chi connectivity index (χ0n) is 19.2. The van der Waals surface area contributed by atoms with Crippen molar-refractivity contribution in [2.45, 2.75) is 44.2 Å². The van der Waals surface area contributed by atoms with Gasteiger partial charge < -0.3 is 15.0 Å². The van der Waals surface area contributed by atoms with Gasteiger partial charge in [-0.05, 0) is 59.7 Å². The lowest BCUT2D eigenvalue weighted by Gasteiger charge is -2.33. The molecular weight excluding hydrogens is 508 g/mol. The normalized spacial score (nSPS) is 18.7. The first kappa shape index (κ1) is 25.4. The van der Waals surface area contributed by atoms with Gasteiger partial charge in [0.1, 0.15) is 17.2 Å². The maximum atomic E-state index is 12.7. The van der Waals surface area contributed by atoms with Crippen LogP contribution in [0.1, 0.15) is 40.8 Å². The molecule has 1 aliphatic carbocycles. The van der Waals surface area contributed by atoms with E-state index < -0.39 is 16.1 Å². The van der Waals surface area contributed by atoms with Crippen LogP contribution in [0.15, 0.2) is 22.9 Å². The Bertz CT molecular complexity index is 1250. The van der Waals surface area contributed by atoms with Crippen molar-refractivity contribution >= 4 is 55.8 Å². The molecule has 1 atom stereocenters. The van der Waals surface area contributed by atoms with Crippen molar-refractivity contribution in [1.29, 1.82) is 5.26 Å². The number of piperidine rings is 1. The molecule has 2 aliphatic rings. The topological polar surface area (TPSA) is 129 Å². The maximum absolute atomic E-state index is 12.7. The zero-order valence-corrected chi connectivity index (χ0v) is 21.6. The molecule has 0 bridgehead atoms. The second kappa shape index (κ2) is 10.9. The number of ether oxygens (including phenoxy) is 1. The van der Waals surface area contributed by atoms with Crippen LogP contribution in [-0.2, 0) is 32.4 Å². The zero-order chi connectivity index (χ0) is 25.0. The van der Waals surface area contributed by atoms with Gasteiger partial charge in [0, 0.05) is 36.5 Å². The lowest BCUT2D eigenvalue weighted by molar-refractivity contribution is -0.111. The molecule has 4 rings (SSSR count). The summed E-state index contributed by atoms with van der Waals surface area (Å²) >= 11 is 2.90. The average molecular weight is 535 g/mol. The number of nitrogens with one attached hydrogen (secondary N) is 2. The van der Waals surface area contributed by atoms with E-state index in [1.54, 1.807) is 22.3 Å². The Morgan fingerprint density at radius 3 is 2.71 bits per heavy atom. The van der Waals surface area contributed by atoms with Gasteiger partial charge >= 0.3 is 6.09 Å². The molecule has 2 aromatic rings. The SMILES string of the molecule is CS(=O)(=O)NC1CCN(C(=O)OC2CCc3c(sc(NC(=O)C=Cc4ccsc4)c3C#N)C2)CC1. The van der Waals surface area contributed by atoms with Crippen molar-refractivity contribution in [3.8, 4) is 6.07 Å². The molecule has 1 fully saturated rings. The number of fused-ring (bicyclic) bond motifs is 1. The summed E-state index contributed by atoms with van der Waals surface area (Å²) in [6.07, 6.45) is 6.35. The highest BCUT2D eigenvalue weighted by Crippen LogP contribution is 2.38. The van der Waals surface area contributed by atoms with Crippen LogP contribution < -0.4 is 10.0 Å². The molecular formula is C23H26N4O5S3. The number of anilines is 1. The minimum atomic E-state index is -3.27. The highest BCUT2D eigenvalue weighted by Gasteiger charge is 2.31. The summed E-state index contributed by atoms with van der Waals surface area (Å²) in [6.45, 7) is 0.854. The third kappa shape index (κ3) is 6.70. The fraction of sp³-hybridized carbons (Fsp3) is 0.435. The molecule has 186 valence electrons. The molecule has 0 spiro atoms. The van der Waals surface area contributed by atoms with E-state index in [1.807, 2.05) is 16.8 Å². The molecule has 0 radical (unpaired) electrons. The molecule has 0 aromatic carbocycles. The number of nitrogens with zero attached hydrogens (tertiary/aromatic N) is 2. The highest BCUT2D eigenvalue weighted by molar-refractivity contribution is 7.88. The quantitative estimate of drug-likeness (QED) is 0.547. The van der Waals surface area contributed by atoms with Gasteiger partial charge in [0.25, 0.3) is 0 Å². The lowest BCUT2D eigenvalue weighted by atomic mass is 9.94. The molecule has 0 saturated carbocycles. The Morgan fingerprint density at radius 2 is 2.06 bits per heavy atom. The van der Waals surface area contributed by atoms with Crippen LogP contribution in [0.4, 0.5) is 9.80 Å². The van der Waals surface area contributed by atoms with E-state index >= 15 is 0 Å². The summed E-state index contributed by atoms with van der Waals surface area (Å²) < 4.78 is 31.1. The van der Waals surface area contributed by atoms with E-state index in [-0.39, 0.29) is 18.1 Å². The molecule has 2 amide bonds. The maximum Gasteiger partial charge on any atom is 0.410 e. The first-order chi connectivity index (χ1) is 16.7. The van der Waals surface area contributed by atoms with Gasteiger partial charge in [-0.15, -0.1) is 11.3 Å². The van der Waals surface area contributed by atoms with Gasteiger partial charge in [-0.25, -0.2) is 17.9 Å². The minimum absolute atomic E-state index is 0.171. The standard InChI is InChI=1S/C23H26N4O5S3/c1-35(30,31)26-16-6-9-27(10-7-16)23(29)32-17-3-4-18-19(13-24)22(34-20(18)12-17)25-21(28)5-2-15-8-11-33-14-15/h2,5,8,11,14,16-17,26H,3-4,6-7,9-10,12H2,1H3,(H,25,28). The third-order valence-corrected chi connectivity index (χ3v) is 8.57. The molecule has 1 unspecified atom stereocenters. The van der Waals surface area contributed by atoms with Gasteiger partial charge in [0.2, 0.25) is 15.9 Å². The Balaban J connectivity index is 1.33. The Hall–Kier alpha value is -2.72. The minimum Gasteiger partial charge on any atom is -0.446 e. The molecule has 35 heavy (non-hydrogen) atoms. The molecule has 9 nitrogen and oxygen atoms in total. The number of sulfonamides is 1. The highest BCUT2D eigenvalue weighted by atomic mass is 32.2. The molecule has 12 heteroatoms. The van der Waals surface area contributed by atoms with Crippen LogP contribution in [0, 0.1) is 11.3 Å². The van der Waals surface area contributed by atoms with E-state index in [1.165, 1.54) is 17.4 Å². The number of hydrogen-bond acceptors (Lipinski definition) is 8. The van der Waals surface area contributed by atoms with Gasteiger partial charge in [-0.2, -0.15) is 16.6 Å². The lowest BCUT2D eigenvalue weighted by Crippen LogP contribution is -2.47. The fourth-order valence-corrected chi connectivity index (χ4v) is 6.99. The summed E-state index contributed by atoms with van der Waals surface area (Å²) in [6, 6.07) is 3.96. The van der Waals surface area contributed by atoms with E-state index in [2.05, 4.69) is 16.1 Å². The molecule has 3 heterocycles. The van der Waals surface area contributed by atoms with Crippen molar-refractivity contribution < 1.29 is 22.7 Å². The van der Waals surface area contributed by atoms with E-state index in [4.69, 9.17) is 4.74 Å². The fourth-order valence-electron chi connectivity index (χ4n) is 4.26. The van der Waals surface area contributed by atoms with Crippen LogP contribution in [0.3, 0.4) is 0 Å². The number of nitriles is 1. The number of likely N-dealkylation sites (tertiary alicyclic amines) is 1. The van der Waals surface area contributed by atoms with Crippen molar-refractivity contribution in [2.24, 2.45) is 0 Å². The first-order valence-electron chi connectivity index (χ1n) is 11.2. The third-order valence-electron chi connectivity index (χ3n) is 5.94. The predicted octanol–water partition coefficient (Wildman–Crippen LogP) is 3.34. The van der Waals surface area contributed by atoms with E-state index in [0.29, 0.717) is 55.8 Å². The molecule has 1 saturated heterocycles. The summed E-state index contributed by atoms with van der Waals surface area (Å²) in [5.41, 5.74) is 2.33. The monoisotopic (exact) mass is 534 g/mol. The van der Waals surface area contributed by atoms with Crippen molar-refractivity contribution in [1.82, 2.24) is 9.62 Å². The number of hydrogen-bond donors (Lipinski definition) is 2. The Kier molecular flexibility index (Phi) is 7.91. The molecule has 2 N–H and O–H groups in total. The van der Waals surface area contributed by atoms with Gasteiger partial charge in [0.15, 0.2) is 0 Å². The summed E-state index contributed by atoms with van der Waals surface area (Å²) in [7, 11) is -3.27. The summed E-state index contributed by atoms with van der Waals surface area (Å²) in [5.74, 6) is -0.303. The predicted molar refractivity (Wildman–Crippen MR) is 136 cm³/mol. The molecule has 2 aromatic heterocycles. The van der Waals surface area contributed by atoms with Crippen molar-refractivity contribution in [2.75, 3.05) is 24.7 Å². The van der Waals surface area contributed by atoms with Crippen LogP contribution >= 0.6 is 22.7 Å². The molecule has 1 aliphatic heterocycles. The number of carbonyl (C=O) groups excluding carboxylic acids is 2. The Labute approximate surface area is 212 Å². The number of carbonyl (C=O) groups is 2. The van der Waals surface area contributed by atoms with Crippen LogP contribution in [0.25, 0.3) is 6.08 Å². The van der Waals surface area contributed by atoms with Crippen LogP contribution in [0.5, 0.6) is 0 Å². The Morgan fingerprint density at radius 1 is 1.29 bits per heavy atom. The van der Waals surface area contributed by atoms with Gasteiger partial charge in [-0.1, -0.05) is 0 Å². The summed E-state index contributed by atoms with van der Waals surface area (Å²) in [5, 5.41) is 16.9. The van der Waals surface area contributed by atoms with Crippen LogP contribution in [-0.4, -0.2) is 56.8 Å². The first-order valence-corrected chi connectivity index (χ1v) is 14.9. The van der Waals surface area contributed by atoms with Crippen LogP contribution in [0.2, 0.25) is 0 Å². The second-order valence-corrected chi connectivity index (χ2v) is 12.3. The largest absolute Gasteiger partial charge is 0.446 e. The van der Waals surface area contributed by atoms with Crippen molar-refractivity contribution in [3.63, 3.8) is 0 Å². The van der Waals surface area contributed by atoms with E-state index in [9.17, 15) is 23.3 Å².